The van der Waals surface area contributed by atoms with Crippen LogP contribution in [0.15, 0.2) is 24.3 Å². The first-order valence-corrected chi connectivity index (χ1v) is 4.46. The van der Waals surface area contributed by atoms with Crippen LogP contribution in [0, 0.1) is 0 Å². The Hall–Kier alpha value is -1.07. The molecule has 1 aromatic carbocycles. The molecule has 0 saturated carbocycles. The van der Waals surface area contributed by atoms with Crippen molar-refractivity contribution in [3.05, 3.63) is 35.4 Å². The lowest BCUT2D eigenvalue weighted by Crippen LogP contribution is -2.16. The molecular formula is C10H12F3NO. The summed E-state index contributed by atoms with van der Waals surface area (Å²) in [5.74, 6) is 0. The molecule has 5 heteroatoms. The molecule has 0 fully saturated rings. The van der Waals surface area contributed by atoms with Gasteiger partial charge in [0.1, 0.15) is 0 Å². The number of hydrogen-bond donors (Lipinski definition) is 1. The second kappa shape index (κ2) is 4.63. The molecular weight excluding hydrogens is 207 g/mol. The number of rotatable bonds is 3. The largest absolute Gasteiger partial charge is 0.416 e. The number of hydroxylamine groups is 2. The first-order valence-electron chi connectivity index (χ1n) is 4.46. The quantitative estimate of drug-likeness (QED) is 0.790. The summed E-state index contributed by atoms with van der Waals surface area (Å²) in [6, 6.07) is 5.12. The first-order chi connectivity index (χ1) is 6.89. The van der Waals surface area contributed by atoms with Crippen molar-refractivity contribution in [2.45, 2.75) is 12.6 Å². The second-order valence-electron chi connectivity index (χ2n) is 3.33. The summed E-state index contributed by atoms with van der Waals surface area (Å²) in [7, 11) is 1.45. The molecule has 0 amide bonds. The predicted molar refractivity (Wildman–Crippen MR) is 49.6 cm³/mol. The van der Waals surface area contributed by atoms with E-state index in [1.54, 1.807) is 6.07 Å². The Kier molecular flexibility index (Phi) is 3.71. The van der Waals surface area contributed by atoms with Crippen LogP contribution in [-0.2, 0) is 12.6 Å². The van der Waals surface area contributed by atoms with Crippen molar-refractivity contribution in [1.29, 1.82) is 0 Å². The van der Waals surface area contributed by atoms with Gasteiger partial charge in [0.25, 0.3) is 0 Å². The fourth-order valence-corrected chi connectivity index (χ4v) is 1.19. The first kappa shape index (κ1) is 12.0. The number of hydrogen-bond acceptors (Lipinski definition) is 2. The van der Waals surface area contributed by atoms with Crippen LogP contribution in [0.3, 0.4) is 0 Å². The minimum absolute atomic E-state index is 0.307. The Morgan fingerprint density at radius 1 is 1.33 bits per heavy atom. The highest BCUT2D eigenvalue weighted by molar-refractivity contribution is 5.25. The molecule has 0 saturated heterocycles. The maximum absolute atomic E-state index is 12.3. The molecule has 0 aliphatic carbocycles. The van der Waals surface area contributed by atoms with E-state index in [2.05, 4.69) is 0 Å². The highest BCUT2D eigenvalue weighted by atomic mass is 19.4. The van der Waals surface area contributed by atoms with Gasteiger partial charge in [-0.2, -0.15) is 18.2 Å². The van der Waals surface area contributed by atoms with Gasteiger partial charge in [0.05, 0.1) is 5.56 Å². The zero-order valence-corrected chi connectivity index (χ0v) is 8.25. The molecule has 2 nitrogen and oxygen atoms in total. The molecule has 0 aromatic heterocycles. The van der Waals surface area contributed by atoms with Crippen molar-refractivity contribution in [1.82, 2.24) is 5.06 Å². The molecule has 0 aliphatic heterocycles. The predicted octanol–water partition coefficient (Wildman–Crippen LogP) is 2.57. The van der Waals surface area contributed by atoms with Gasteiger partial charge in [0.2, 0.25) is 0 Å². The van der Waals surface area contributed by atoms with Crippen molar-refractivity contribution < 1.29 is 18.4 Å². The average molecular weight is 219 g/mol. The van der Waals surface area contributed by atoms with Gasteiger partial charge in [-0.15, -0.1) is 0 Å². The van der Waals surface area contributed by atoms with Crippen LogP contribution in [0.1, 0.15) is 11.1 Å². The van der Waals surface area contributed by atoms with E-state index in [-0.39, 0.29) is 0 Å². The number of halogens is 3. The number of benzene rings is 1. The zero-order valence-electron chi connectivity index (χ0n) is 8.25. The average Bonchev–Trinajstić information content (AvgIpc) is 2.14. The van der Waals surface area contributed by atoms with Crippen LogP contribution in [-0.4, -0.2) is 23.9 Å². The molecule has 0 radical (unpaired) electrons. The molecule has 15 heavy (non-hydrogen) atoms. The Balaban J connectivity index is 2.75. The molecule has 1 rings (SSSR count). The number of alkyl halides is 3. The summed E-state index contributed by atoms with van der Waals surface area (Å²) >= 11 is 0. The molecule has 1 aromatic rings. The molecule has 84 valence electrons. The Morgan fingerprint density at radius 3 is 2.53 bits per heavy atom. The van der Waals surface area contributed by atoms with Crippen LogP contribution in [0.25, 0.3) is 0 Å². The lowest BCUT2D eigenvalue weighted by Gasteiger charge is -2.10. The Morgan fingerprint density at radius 2 is 2.00 bits per heavy atom. The second-order valence-corrected chi connectivity index (χ2v) is 3.33. The maximum Gasteiger partial charge on any atom is 0.416 e. The molecule has 0 heterocycles. The van der Waals surface area contributed by atoms with E-state index < -0.39 is 11.7 Å². The van der Waals surface area contributed by atoms with Crippen molar-refractivity contribution in [3.8, 4) is 0 Å². The lowest BCUT2D eigenvalue weighted by molar-refractivity contribution is -0.137. The van der Waals surface area contributed by atoms with E-state index in [4.69, 9.17) is 5.21 Å². The zero-order chi connectivity index (χ0) is 11.5. The minimum Gasteiger partial charge on any atom is -0.314 e. The Labute approximate surface area is 85.9 Å². The third-order valence-electron chi connectivity index (χ3n) is 1.98. The van der Waals surface area contributed by atoms with Gasteiger partial charge in [-0.3, -0.25) is 0 Å². The van der Waals surface area contributed by atoms with E-state index in [0.717, 1.165) is 17.2 Å². The van der Waals surface area contributed by atoms with Gasteiger partial charge in [-0.05, 0) is 18.1 Å². The van der Waals surface area contributed by atoms with Gasteiger partial charge in [-0.1, -0.05) is 18.2 Å². The third-order valence-corrected chi connectivity index (χ3v) is 1.98. The van der Waals surface area contributed by atoms with E-state index in [0.29, 0.717) is 18.5 Å². The molecule has 0 aliphatic rings. The summed E-state index contributed by atoms with van der Waals surface area (Å²) in [4.78, 5) is 0. The van der Waals surface area contributed by atoms with Crippen LogP contribution < -0.4 is 0 Å². The van der Waals surface area contributed by atoms with Crippen molar-refractivity contribution in [2.24, 2.45) is 0 Å². The van der Waals surface area contributed by atoms with E-state index in [9.17, 15) is 13.2 Å². The summed E-state index contributed by atoms with van der Waals surface area (Å²) < 4.78 is 36.9. The summed E-state index contributed by atoms with van der Waals surface area (Å²) in [5.41, 5.74) is -0.0914. The van der Waals surface area contributed by atoms with Gasteiger partial charge in [0, 0.05) is 13.6 Å². The minimum atomic E-state index is -4.30. The fraction of sp³-hybridized carbons (Fsp3) is 0.400. The standard InChI is InChI=1S/C10H12F3NO/c1-14(15)6-5-8-3-2-4-9(7-8)10(11,12)13/h2-4,7,15H,5-6H2,1H3. The topological polar surface area (TPSA) is 23.5 Å². The van der Waals surface area contributed by atoms with Crippen LogP contribution in [0.2, 0.25) is 0 Å². The maximum atomic E-state index is 12.3. The van der Waals surface area contributed by atoms with Crippen molar-refractivity contribution in [3.63, 3.8) is 0 Å². The van der Waals surface area contributed by atoms with E-state index >= 15 is 0 Å². The van der Waals surface area contributed by atoms with Crippen molar-refractivity contribution in [2.75, 3.05) is 13.6 Å². The third kappa shape index (κ3) is 3.89. The normalized spacial score (nSPS) is 12.1. The summed E-state index contributed by atoms with van der Waals surface area (Å²) in [5, 5.41) is 9.80. The summed E-state index contributed by atoms with van der Waals surface area (Å²) in [6.07, 6.45) is -3.92. The van der Waals surface area contributed by atoms with Crippen LogP contribution in [0.5, 0.6) is 0 Å². The van der Waals surface area contributed by atoms with Gasteiger partial charge in [-0.25, -0.2) is 0 Å². The van der Waals surface area contributed by atoms with E-state index in [1.165, 1.54) is 13.1 Å². The molecule has 0 unspecified atom stereocenters. The smallest absolute Gasteiger partial charge is 0.314 e. The number of likely N-dealkylation sites (N-methyl/N-ethyl adjacent to an activating group) is 1. The van der Waals surface area contributed by atoms with Crippen LogP contribution in [0.4, 0.5) is 13.2 Å². The van der Waals surface area contributed by atoms with Gasteiger partial charge < -0.3 is 5.21 Å². The van der Waals surface area contributed by atoms with Gasteiger partial charge in [0.15, 0.2) is 0 Å². The van der Waals surface area contributed by atoms with E-state index in [1.807, 2.05) is 0 Å². The SMILES string of the molecule is CN(O)CCc1cccc(C(F)(F)F)c1. The molecule has 0 bridgehead atoms. The Bertz CT molecular complexity index is 323. The highest BCUT2D eigenvalue weighted by Gasteiger charge is 2.30. The molecule has 0 atom stereocenters. The lowest BCUT2D eigenvalue weighted by atomic mass is 10.1. The van der Waals surface area contributed by atoms with Gasteiger partial charge >= 0.3 is 6.18 Å². The monoisotopic (exact) mass is 219 g/mol. The highest BCUT2D eigenvalue weighted by Crippen LogP contribution is 2.29. The molecule has 1 N–H and O–H groups in total. The fourth-order valence-electron chi connectivity index (χ4n) is 1.19. The summed E-state index contributed by atoms with van der Waals surface area (Å²) in [6.45, 7) is 0.307. The number of nitrogens with zero attached hydrogens (tertiary/aromatic N) is 1. The van der Waals surface area contributed by atoms with Crippen LogP contribution >= 0.6 is 0 Å². The molecule has 0 spiro atoms. The van der Waals surface area contributed by atoms with Crippen molar-refractivity contribution >= 4 is 0 Å².